The fourth-order valence-electron chi connectivity index (χ4n) is 0.922. The van der Waals surface area contributed by atoms with E-state index in [0.717, 1.165) is 0 Å². The van der Waals surface area contributed by atoms with Gasteiger partial charge in [-0.05, 0) is 13.8 Å². The van der Waals surface area contributed by atoms with E-state index in [-0.39, 0.29) is 12.2 Å². The van der Waals surface area contributed by atoms with Gasteiger partial charge in [-0.25, -0.2) is 4.79 Å². The van der Waals surface area contributed by atoms with Crippen LogP contribution in [0.5, 0.6) is 0 Å². The van der Waals surface area contributed by atoms with E-state index in [1.54, 1.807) is 26.0 Å². The molecule has 0 aromatic carbocycles. The molecule has 0 aromatic rings. The molecule has 2 atom stereocenters. The maximum atomic E-state index is 11.1. The average molecular weight is 198 g/mol. The zero-order valence-corrected chi connectivity index (χ0v) is 8.86. The topological polar surface area (TPSA) is 35.5 Å². The highest BCUT2D eigenvalue weighted by Crippen LogP contribution is 2.04. The molecule has 0 aliphatic carbocycles. The van der Waals surface area contributed by atoms with Gasteiger partial charge in [-0.15, -0.1) is 13.2 Å². The van der Waals surface area contributed by atoms with Gasteiger partial charge in [-0.3, -0.25) is 0 Å². The Morgan fingerprint density at radius 2 is 1.50 bits per heavy atom. The molecule has 0 amide bonds. The van der Waals surface area contributed by atoms with Crippen molar-refractivity contribution in [3.05, 3.63) is 25.3 Å². The van der Waals surface area contributed by atoms with Crippen LogP contribution in [0.4, 0.5) is 4.79 Å². The Labute approximate surface area is 85.4 Å². The SMILES string of the molecule is C=CCC(C)OC(=O)OC(C)CC=C. The van der Waals surface area contributed by atoms with Crippen molar-refractivity contribution in [1.82, 2.24) is 0 Å². The molecule has 0 saturated heterocycles. The monoisotopic (exact) mass is 198 g/mol. The minimum atomic E-state index is -0.631. The van der Waals surface area contributed by atoms with Gasteiger partial charge in [0.25, 0.3) is 0 Å². The first-order chi connectivity index (χ1) is 6.60. The van der Waals surface area contributed by atoms with Crippen LogP contribution in [0, 0.1) is 0 Å². The number of ether oxygens (including phenoxy) is 2. The first-order valence-corrected chi connectivity index (χ1v) is 4.69. The highest BCUT2D eigenvalue weighted by Gasteiger charge is 2.12. The molecule has 0 aliphatic rings. The third-order valence-corrected chi connectivity index (χ3v) is 1.59. The minimum Gasteiger partial charge on any atom is -0.431 e. The summed E-state index contributed by atoms with van der Waals surface area (Å²) in [4.78, 5) is 11.1. The molecular weight excluding hydrogens is 180 g/mol. The number of rotatable bonds is 6. The Morgan fingerprint density at radius 1 is 1.14 bits per heavy atom. The summed E-state index contributed by atoms with van der Waals surface area (Å²) in [6, 6.07) is 0. The van der Waals surface area contributed by atoms with Crippen molar-refractivity contribution >= 4 is 6.16 Å². The first-order valence-electron chi connectivity index (χ1n) is 4.69. The maximum absolute atomic E-state index is 11.1. The number of carbonyl (C=O) groups excluding carboxylic acids is 1. The summed E-state index contributed by atoms with van der Waals surface area (Å²) >= 11 is 0. The third kappa shape index (κ3) is 6.29. The van der Waals surface area contributed by atoms with Crippen molar-refractivity contribution in [2.45, 2.75) is 38.9 Å². The summed E-state index contributed by atoms with van der Waals surface area (Å²) in [5.41, 5.74) is 0. The van der Waals surface area contributed by atoms with E-state index < -0.39 is 6.16 Å². The lowest BCUT2D eigenvalue weighted by Crippen LogP contribution is -2.19. The van der Waals surface area contributed by atoms with Crippen molar-refractivity contribution in [1.29, 1.82) is 0 Å². The van der Waals surface area contributed by atoms with E-state index in [2.05, 4.69) is 13.2 Å². The molecule has 0 aromatic heterocycles. The van der Waals surface area contributed by atoms with Crippen LogP contribution in [0.25, 0.3) is 0 Å². The normalized spacial score (nSPS) is 13.9. The predicted molar refractivity (Wildman–Crippen MR) is 56.1 cm³/mol. The second-order valence-electron chi connectivity index (χ2n) is 3.16. The quantitative estimate of drug-likeness (QED) is 0.486. The van der Waals surface area contributed by atoms with Crippen LogP contribution in [-0.4, -0.2) is 18.4 Å². The van der Waals surface area contributed by atoms with E-state index in [1.807, 2.05) is 0 Å². The van der Waals surface area contributed by atoms with Crippen molar-refractivity contribution < 1.29 is 14.3 Å². The van der Waals surface area contributed by atoms with E-state index in [9.17, 15) is 4.79 Å². The lowest BCUT2D eigenvalue weighted by molar-refractivity contribution is 0.00922. The van der Waals surface area contributed by atoms with Gasteiger partial charge in [0.1, 0.15) is 12.2 Å². The second-order valence-corrected chi connectivity index (χ2v) is 3.16. The Kier molecular flexibility index (Phi) is 6.54. The summed E-state index contributed by atoms with van der Waals surface area (Å²) in [5.74, 6) is 0. The molecule has 3 heteroatoms. The molecule has 3 nitrogen and oxygen atoms in total. The molecule has 0 fully saturated rings. The zero-order valence-electron chi connectivity index (χ0n) is 8.86. The molecule has 0 saturated carbocycles. The van der Waals surface area contributed by atoms with Crippen molar-refractivity contribution in [2.75, 3.05) is 0 Å². The molecule has 0 radical (unpaired) electrons. The van der Waals surface area contributed by atoms with Crippen molar-refractivity contribution in [3.8, 4) is 0 Å². The van der Waals surface area contributed by atoms with Crippen LogP contribution in [0.2, 0.25) is 0 Å². The fourth-order valence-corrected chi connectivity index (χ4v) is 0.922. The molecule has 0 spiro atoms. The molecular formula is C11H18O3. The van der Waals surface area contributed by atoms with Crippen LogP contribution in [0.1, 0.15) is 26.7 Å². The van der Waals surface area contributed by atoms with E-state index in [4.69, 9.17) is 9.47 Å². The van der Waals surface area contributed by atoms with E-state index >= 15 is 0 Å². The largest absolute Gasteiger partial charge is 0.508 e. The lowest BCUT2D eigenvalue weighted by Gasteiger charge is -2.14. The highest BCUT2D eigenvalue weighted by molar-refractivity contribution is 5.60. The van der Waals surface area contributed by atoms with Gasteiger partial charge in [0.05, 0.1) is 0 Å². The zero-order chi connectivity index (χ0) is 11.0. The number of hydrogen-bond acceptors (Lipinski definition) is 3. The molecule has 0 rings (SSSR count). The average Bonchev–Trinajstić information content (AvgIpc) is 2.03. The summed E-state index contributed by atoms with van der Waals surface area (Å²) in [5, 5.41) is 0. The molecule has 14 heavy (non-hydrogen) atoms. The molecule has 0 aliphatic heterocycles. The van der Waals surface area contributed by atoms with Gasteiger partial charge in [-0.2, -0.15) is 0 Å². The van der Waals surface area contributed by atoms with Crippen molar-refractivity contribution in [2.24, 2.45) is 0 Å². The molecule has 2 unspecified atom stereocenters. The summed E-state index contributed by atoms with van der Waals surface area (Å²) in [6.07, 6.45) is 3.66. The maximum Gasteiger partial charge on any atom is 0.508 e. The van der Waals surface area contributed by atoms with Gasteiger partial charge >= 0.3 is 6.16 Å². The molecule has 0 bridgehead atoms. The number of hydrogen-bond donors (Lipinski definition) is 0. The molecule has 0 heterocycles. The summed E-state index contributed by atoms with van der Waals surface area (Å²) in [7, 11) is 0. The summed E-state index contributed by atoms with van der Waals surface area (Å²) in [6.45, 7) is 10.7. The standard InChI is InChI=1S/C11H18O3/c1-5-7-9(3)13-11(12)14-10(4)8-6-2/h5-6,9-10H,1-2,7-8H2,3-4H3. The van der Waals surface area contributed by atoms with Gasteiger partial charge in [0.2, 0.25) is 0 Å². The Hall–Kier alpha value is -1.25. The van der Waals surface area contributed by atoms with Gasteiger partial charge < -0.3 is 9.47 Å². The van der Waals surface area contributed by atoms with E-state index in [0.29, 0.717) is 12.8 Å². The smallest absolute Gasteiger partial charge is 0.431 e. The second kappa shape index (κ2) is 7.18. The van der Waals surface area contributed by atoms with Crippen LogP contribution in [-0.2, 0) is 9.47 Å². The van der Waals surface area contributed by atoms with Gasteiger partial charge in [-0.1, -0.05) is 12.2 Å². The minimum absolute atomic E-state index is 0.184. The highest BCUT2D eigenvalue weighted by atomic mass is 16.7. The van der Waals surface area contributed by atoms with E-state index in [1.165, 1.54) is 0 Å². The van der Waals surface area contributed by atoms with Crippen LogP contribution in [0.15, 0.2) is 25.3 Å². The van der Waals surface area contributed by atoms with Gasteiger partial charge in [0, 0.05) is 12.8 Å². The first kappa shape index (κ1) is 12.8. The van der Waals surface area contributed by atoms with Crippen molar-refractivity contribution in [3.63, 3.8) is 0 Å². The van der Waals surface area contributed by atoms with Gasteiger partial charge in [0.15, 0.2) is 0 Å². The third-order valence-electron chi connectivity index (χ3n) is 1.59. The summed E-state index contributed by atoms with van der Waals surface area (Å²) < 4.78 is 9.88. The van der Waals surface area contributed by atoms with Crippen LogP contribution < -0.4 is 0 Å². The van der Waals surface area contributed by atoms with Crippen LogP contribution in [0.3, 0.4) is 0 Å². The Bertz CT molecular complexity index is 179. The Balaban J connectivity index is 3.73. The predicted octanol–water partition coefficient (Wildman–Crippen LogP) is 3.07. The molecule has 0 N–H and O–H groups in total. The number of carbonyl (C=O) groups is 1. The van der Waals surface area contributed by atoms with Crippen LogP contribution >= 0.6 is 0 Å². The lowest BCUT2D eigenvalue weighted by atomic mass is 10.3. The molecule has 80 valence electrons. The Morgan fingerprint density at radius 3 is 1.79 bits per heavy atom. The fraction of sp³-hybridized carbons (Fsp3) is 0.545.